The number of ether oxygens (including phenoxy) is 1. The van der Waals surface area contributed by atoms with Gasteiger partial charge in [0.1, 0.15) is 17.2 Å². The maximum atomic E-state index is 11.2. The van der Waals surface area contributed by atoms with Crippen molar-refractivity contribution in [2.75, 3.05) is 0 Å². The number of non-ortho nitro benzene ring substituents is 1. The minimum Gasteiger partial charge on any atom is -0.456 e. The van der Waals surface area contributed by atoms with Crippen LogP contribution >= 0.6 is 0 Å². The molecule has 0 radical (unpaired) electrons. The van der Waals surface area contributed by atoms with Crippen LogP contribution in [0, 0.1) is 10.1 Å². The zero-order valence-electron chi connectivity index (χ0n) is 23.8. The molecule has 0 amide bonds. The van der Waals surface area contributed by atoms with E-state index in [-0.39, 0.29) is 16.7 Å². The van der Waals surface area contributed by atoms with Crippen molar-refractivity contribution < 1.29 is 14.3 Å². The Morgan fingerprint density at radius 1 is 0.659 bits per heavy atom. The largest absolute Gasteiger partial charge is 0.456 e. The number of rotatable bonds is 5. The molecule has 0 saturated heterocycles. The highest BCUT2D eigenvalue weighted by Gasteiger charge is 2.36. The Balaban J connectivity index is 1.28. The van der Waals surface area contributed by atoms with Gasteiger partial charge in [0.25, 0.3) is 5.69 Å². The van der Waals surface area contributed by atoms with E-state index in [0.29, 0.717) is 6.42 Å². The molecule has 1 aliphatic carbocycles. The topological polar surface area (TPSA) is 67.7 Å². The second-order valence-electron chi connectivity index (χ2n) is 10.7. The van der Waals surface area contributed by atoms with Crippen LogP contribution in [0.15, 0.2) is 168 Å². The third-order valence-electron chi connectivity index (χ3n) is 7.88. The molecule has 0 fully saturated rings. The Morgan fingerprint density at radius 2 is 1.20 bits per heavy atom. The van der Waals surface area contributed by atoms with Gasteiger partial charge in [-0.1, -0.05) is 95.7 Å². The van der Waals surface area contributed by atoms with Gasteiger partial charge in [0.2, 0.25) is 11.8 Å². The third-order valence-corrected chi connectivity index (χ3v) is 7.88. The number of nitro benzene ring substituents is 1. The molecule has 0 spiro atoms. The molecule has 0 bridgehead atoms. The SMILES string of the molecule is O=[N+]([O-])c1ccc(C2=N[N+](=C3C=CC(=C4C=C(c5ccccc5)OC(c5ccccc5)=C4)C=C3)C(c3ccccc3)C2)cc1. The van der Waals surface area contributed by atoms with Crippen molar-refractivity contribution in [3.8, 4) is 0 Å². The zero-order chi connectivity index (χ0) is 29.9. The Labute approximate surface area is 255 Å². The van der Waals surface area contributed by atoms with Crippen LogP contribution in [-0.2, 0) is 4.74 Å². The number of allylic oxidation sites excluding steroid dienone is 8. The summed E-state index contributed by atoms with van der Waals surface area (Å²) in [5, 5.41) is 16.2. The van der Waals surface area contributed by atoms with Crippen molar-refractivity contribution in [3.05, 3.63) is 195 Å². The van der Waals surface area contributed by atoms with Gasteiger partial charge in [0.05, 0.1) is 11.3 Å². The van der Waals surface area contributed by atoms with E-state index in [1.807, 2.05) is 54.6 Å². The molecule has 1 unspecified atom stereocenters. The minimum absolute atomic E-state index is 0.00265. The number of nitrogens with zero attached hydrogens (tertiary/aromatic N) is 3. The first kappa shape index (κ1) is 27.0. The quantitative estimate of drug-likeness (QED) is 0.136. The maximum absolute atomic E-state index is 11.2. The van der Waals surface area contributed by atoms with Gasteiger partial charge in [-0.2, -0.15) is 0 Å². The first-order chi connectivity index (χ1) is 21.6. The number of hydrogen-bond donors (Lipinski definition) is 0. The summed E-state index contributed by atoms with van der Waals surface area (Å²) in [5.41, 5.74) is 8.10. The zero-order valence-corrected chi connectivity index (χ0v) is 23.8. The summed E-state index contributed by atoms with van der Waals surface area (Å²) >= 11 is 0. The summed E-state index contributed by atoms with van der Waals surface area (Å²) < 4.78 is 8.45. The molecule has 6 heteroatoms. The van der Waals surface area contributed by atoms with Crippen LogP contribution in [0.2, 0.25) is 0 Å². The molecule has 44 heavy (non-hydrogen) atoms. The molecular formula is C38H28N3O3+. The Bertz CT molecular complexity index is 1870. The summed E-state index contributed by atoms with van der Waals surface area (Å²) in [7, 11) is 0. The van der Waals surface area contributed by atoms with Crippen LogP contribution in [0.4, 0.5) is 5.69 Å². The fraction of sp³-hybridized carbons (Fsp3) is 0.0526. The Morgan fingerprint density at radius 3 is 1.75 bits per heavy atom. The normalized spacial score (nSPS) is 17.6. The standard InChI is InChI=1S/C38H28N3O3/c42-41(43)34-22-18-28(19-23-34)35-26-36(29-10-4-1-5-11-29)40(39-35)33-20-16-27(17-21-33)32-24-37(30-12-6-2-7-13-30)44-38(25-32)31-14-8-3-9-15-31/h1-25,36H,26H2/q+1. The molecule has 4 aromatic carbocycles. The van der Waals surface area contributed by atoms with Gasteiger partial charge >= 0.3 is 0 Å². The number of hydrazone groups is 1. The summed E-state index contributed by atoms with van der Waals surface area (Å²) in [5.74, 6) is 1.60. The molecule has 0 saturated carbocycles. The van der Waals surface area contributed by atoms with Gasteiger partial charge in [-0.3, -0.25) is 10.1 Å². The summed E-state index contributed by atoms with van der Waals surface area (Å²) in [6, 6.07) is 37.2. The highest BCUT2D eigenvalue weighted by Crippen LogP contribution is 2.35. The lowest BCUT2D eigenvalue weighted by molar-refractivity contribution is -0.566. The lowest BCUT2D eigenvalue weighted by Gasteiger charge is -2.20. The van der Waals surface area contributed by atoms with Crippen molar-refractivity contribution >= 4 is 28.6 Å². The minimum atomic E-state index is -0.382. The number of benzene rings is 4. The van der Waals surface area contributed by atoms with Crippen molar-refractivity contribution in [2.45, 2.75) is 12.5 Å². The van der Waals surface area contributed by atoms with Gasteiger partial charge < -0.3 is 4.74 Å². The highest BCUT2D eigenvalue weighted by molar-refractivity contribution is 6.05. The van der Waals surface area contributed by atoms with Crippen LogP contribution in [0.1, 0.15) is 34.7 Å². The molecule has 3 aliphatic rings. The van der Waals surface area contributed by atoms with Gasteiger partial charge in [-0.05, 0) is 52.7 Å². The van der Waals surface area contributed by atoms with E-state index in [4.69, 9.17) is 9.84 Å². The summed E-state index contributed by atoms with van der Waals surface area (Å²) in [4.78, 5) is 10.8. The molecule has 4 aromatic rings. The van der Waals surface area contributed by atoms with E-state index in [9.17, 15) is 10.1 Å². The number of nitro groups is 1. The van der Waals surface area contributed by atoms with E-state index in [1.54, 1.807) is 12.1 Å². The smallest absolute Gasteiger partial charge is 0.269 e. The van der Waals surface area contributed by atoms with E-state index in [1.165, 1.54) is 12.1 Å². The molecule has 2 aliphatic heterocycles. The average molecular weight is 575 g/mol. The summed E-state index contributed by atoms with van der Waals surface area (Å²) in [6.45, 7) is 0. The maximum Gasteiger partial charge on any atom is 0.269 e. The second-order valence-corrected chi connectivity index (χ2v) is 10.7. The molecule has 212 valence electrons. The van der Waals surface area contributed by atoms with Crippen molar-refractivity contribution in [1.29, 1.82) is 0 Å². The van der Waals surface area contributed by atoms with Crippen molar-refractivity contribution in [3.63, 3.8) is 0 Å². The first-order valence-electron chi connectivity index (χ1n) is 14.5. The van der Waals surface area contributed by atoms with Gasteiger partial charge in [-0.15, -0.1) is 0 Å². The van der Waals surface area contributed by atoms with Crippen LogP contribution in [-0.4, -0.2) is 21.0 Å². The van der Waals surface area contributed by atoms with E-state index < -0.39 is 0 Å². The van der Waals surface area contributed by atoms with Crippen molar-refractivity contribution in [1.82, 2.24) is 0 Å². The van der Waals surface area contributed by atoms with Crippen molar-refractivity contribution in [2.24, 2.45) is 5.10 Å². The average Bonchev–Trinajstić information content (AvgIpc) is 3.55. The summed E-state index contributed by atoms with van der Waals surface area (Å²) in [6.07, 6.45) is 13.3. The van der Waals surface area contributed by atoms with E-state index in [0.717, 1.165) is 56.3 Å². The fourth-order valence-corrected chi connectivity index (χ4v) is 5.60. The van der Waals surface area contributed by atoms with Crippen LogP contribution < -0.4 is 0 Å². The molecule has 6 nitrogen and oxygen atoms in total. The monoisotopic (exact) mass is 574 g/mol. The predicted molar refractivity (Wildman–Crippen MR) is 174 cm³/mol. The highest BCUT2D eigenvalue weighted by atomic mass is 16.6. The second kappa shape index (κ2) is 11.8. The predicted octanol–water partition coefficient (Wildman–Crippen LogP) is 8.43. The molecule has 2 heterocycles. The van der Waals surface area contributed by atoms with E-state index in [2.05, 4.69) is 77.5 Å². The Hall–Kier alpha value is -5.88. The van der Waals surface area contributed by atoms with E-state index >= 15 is 0 Å². The molecule has 0 aromatic heterocycles. The van der Waals surface area contributed by atoms with Gasteiger partial charge in [0, 0.05) is 46.5 Å². The molecule has 1 atom stereocenters. The van der Waals surface area contributed by atoms with Crippen LogP contribution in [0.5, 0.6) is 0 Å². The van der Waals surface area contributed by atoms with Crippen LogP contribution in [0.3, 0.4) is 0 Å². The van der Waals surface area contributed by atoms with Gasteiger partial charge in [0.15, 0.2) is 0 Å². The Kier molecular flexibility index (Phi) is 7.22. The molecular weight excluding hydrogens is 546 g/mol. The first-order valence-corrected chi connectivity index (χ1v) is 14.5. The number of hydrogen-bond acceptors (Lipinski definition) is 4. The fourth-order valence-electron chi connectivity index (χ4n) is 5.60. The molecule has 7 rings (SSSR count). The lowest BCUT2D eigenvalue weighted by Crippen LogP contribution is -2.17. The molecule has 0 N–H and O–H groups in total. The van der Waals surface area contributed by atoms with Gasteiger partial charge in [-0.25, -0.2) is 0 Å². The lowest BCUT2D eigenvalue weighted by atomic mass is 9.96. The third kappa shape index (κ3) is 5.49. The van der Waals surface area contributed by atoms with Crippen LogP contribution in [0.25, 0.3) is 11.5 Å².